The monoisotopic (exact) mass is 486 g/mol. The molecule has 0 saturated heterocycles. The number of rotatable bonds is 27. The van der Waals surface area contributed by atoms with Crippen LogP contribution in [-0.2, 0) is 4.79 Å². The number of carboxylic acid groups (broad SMARTS) is 1. The van der Waals surface area contributed by atoms with Crippen LogP contribution in [0.2, 0.25) is 0 Å². The van der Waals surface area contributed by atoms with Gasteiger partial charge in [0.05, 0.1) is 0 Å². The molecule has 0 aromatic carbocycles. The fourth-order valence-corrected chi connectivity index (χ4v) is 4.74. The van der Waals surface area contributed by atoms with Crippen LogP contribution in [0.5, 0.6) is 0 Å². The molecule has 0 bridgehead atoms. The summed E-state index contributed by atoms with van der Waals surface area (Å²) < 4.78 is 0.868. The van der Waals surface area contributed by atoms with Crippen LogP contribution in [0.4, 0.5) is 0 Å². The number of carbonyl (C=O) groups is 1. The second kappa shape index (κ2) is 27.2. The molecule has 0 rings (SSSR count). The predicted octanol–water partition coefficient (Wildman–Crippen LogP) is 10.5. The average molecular weight is 487 g/mol. The minimum Gasteiger partial charge on any atom is -0.481 e. The standard InChI is InChI=1S/C28H54O2S2/c29-27(30)25-23-21-19-17-15-13-11-9-7-5-3-1-2-4-6-8-10-12-14-16-18-20-22-24-26-28(31)32/h1-26H2,(H,29,30)(H,31,32). The van der Waals surface area contributed by atoms with E-state index >= 15 is 0 Å². The van der Waals surface area contributed by atoms with E-state index in [4.69, 9.17) is 17.3 Å². The average Bonchev–Trinajstić information content (AvgIpc) is 2.75. The number of hydrogen-bond donors (Lipinski definition) is 2. The third-order valence-electron chi connectivity index (χ3n) is 6.53. The summed E-state index contributed by atoms with van der Waals surface area (Å²) in [5.41, 5.74) is 0. The summed E-state index contributed by atoms with van der Waals surface area (Å²) in [5, 5.41) is 8.60. The second-order valence-electron chi connectivity index (χ2n) is 9.77. The zero-order chi connectivity index (χ0) is 23.5. The van der Waals surface area contributed by atoms with Gasteiger partial charge in [0.1, 0.15) is 0 Å². The highest BCUT2D eigenvalue weighted by atomic mass is 32.1. The van der Waals surface area contributed by atoms with Crippen LogP contribution in [0.1, 0.15) is 167 Å². The lowest BCUT2D eigenvalue weighted by atomic mass is 10.0. The van der Waals surface area contributed by atoms with Crippen molar-refractivity contribution in [2.45, 2.75) is 167 Å². The van der Waals surface area contributed by atoms with Crippen LogP contribution in [0, 0.1) is 0 Å². The molecular formula is C28H54O2S2. The molecule has 4 heteroatoms. The molecule has 0 saturated carbocycles. The highest BCUT2D eigenvalue weighted by Crippen LogP contribution is 2.16. The third kappa shape index (κ3) is 29.9. The number of thiocarbonyl (C=S) groups is 1. The van der Waals surface area contributed by atoms with Crippen molar-refractivity contribution in [2.75, 3.05) is 0 Å². The zero-order valence-corrected chi connectivity index (χ0v) is 22.8. The summed E-state index contributed by atoms with van der Waals surface area (Å²) in [4.78, 5) is 10.4. The van der Waals surface area contributed by atoms with Gasteiger partial charge < -0.3 is 5.11 Å². The van der Waals surface area contributed by atoms with E-state index in [1.165, 1.54) is 141 Å². The van der Waals surface area contributed by atoms with Crippen molar-refractivity contribution in [1.29, 1.82) is 0 Å². The normalized spacial score (nSPS) is 11.2. The molecule has 0 heterocycles. The molecule has 2 nitrogen and oxygen atoms in total. The summed E-state index contributed by atoms with van der Waals surface area (Å²) >= 11 is 9.17. The first kappa shape index (κ1) is 31.9. The molecule has 190 valence electrons. The van der Waals surface area contributed by atoms with Crippen LogP contribution in [-0.4, -0.2) is 15.3 Å². The SMILES string of the molecule is O=C(O)CCCCCCCCCCCCCCCCCCCCCCCCCCC(=S)S. The van der Waals surface area contributed by atoms with Crippen LogP contribution in [0.15, 0.2) is 0 Å². The Balaban J connectivity index is 3.02. The van der Waals surface area contributed by atoms with Gasteiger partial charge in [-0.2, -0.15) is 0 Å². The molecule has 0 aliphatic carbocycles. The molecular weight excluding hydrogens is 432 g/mol. The van der Waals surface area contributed by atoms with Crippen LogP contribution < -0.4 is 0 Å². The molecule has 0 radical (unpaired) electrons. The lowest BCUT2D eigenvalue weighted by Crippen LogP contribution is -1.93. The lowest BCUT2D eigenvalue weighted by molar-refractivity contribution is -0.137. The summed E-state index contributed by atoms with van der Waals surface area (Å²) in [6, 6.07) is 0. The van der Waals surface area contributed by atoms with E-state index in [1.54, 1.807) is 0 Å². The number of unbranched alkanes of at least 4 members (excludes halogenated alkanes) is 23. The maximum absolute atomic E-state index is 10.4. The van der Waals surface area contributed by atoms with Crippen molar-refractivity contribution in [1.82, 2.24) is 0 Å². The van der Waals surface area contributed by atoms with Crippen molar-refractivity contribution in [3.63, 3.8) is 0 Å². The summed E-state index contributed by atoms with van der Waals surface area (Å²) in [6.07, 6.45) is 33.8. The summed E-state index contributed by atoms with van der Waals surface area (Å²) in [7, 11) is 0. The Morgan fingerprint density at radius 1 is 0.438 bits per heavy atom. The summed E-state index contributed by atoms with van der Waals surface area (Å²) in [6.45, 7) is 0. The first-order valence-corrected chi connectivity index (χ1v) is 14.9. The van der Waals surface area contributed by atoms with Gasteiger partial charge in [-0.3, -0.25) is 4.79 Å². The highest BCUT2D eigenvalue weighted by molar-refractivity contribution is 8.11. The van der Waals surface area contributed by atoms with E-state index in [1.807, 2.05) is 0 Å². The highest BCUT2D eigenvalue weighted by Gasteiger charge is 1.98. The van der Waals surface area contributed by atoms with E-state index in [9.17, 15) is 4.79 Å². The molecule has 0 amide bonds. The van der Waals surface area contributed by atoms with Gasteiger partial charge in [0.25, 0.3) is 0 Å². The minimum absolute atomic E-state index is 0.342. The maximum Gasteiger partial charge on any atom is 0.303 e. The number of thiol groups is 1. The fraction of sp³-hybridized carbons (Fsp3) is 0.929. The minimum atomic E-state index is -0.653. The molecule has 0 aromatic heterocycles. The Labute approximate surface area is 211 Å². The van der Waals surface area contributed by atoms with E-state index in [2.05, 4.69) is 12.6 Å². The van der Waals surface area contributed by atoms with Crippen molar-refractivity contribution in [3.8, 4) is 0 Å². The lowest BCUT2D eigenvalue weighted by Gasteiger charge is -2.04. The van der Waals surface area contributed by atoms with Gasteiger partial charge in [-0.05, 0) is 19.3 Å². The Morgan fingerprint density at radius 2 is 0.625 bits per heavy atom. The zero-order valence-electron chi connectivity index (χ0n) is 21.1. The van der Waals surface area contributed by atoms with Gasteiger partial charge in [0.15, 0.2) is 0 Å². The topological polar surface area (TPSA) is 37.3 Å². The molecule has 0 atom stereocenters. The van der Waals surface area contributed by atoms with Gasteiger partial charge in [0.2, 0.25) is 0 Å². The maximum atomic E-state index is 10.4. The van der Waals surface area contributed by atoms with Crippen LogP contribution >= 0.6 is 24.8 Å². The Kier molecular flexibility index (Phi) is 27.1. The van der Waals surface area contributed by atoms with Gasteiger partial charge in [-0.1, -0.05) is 153 Å². The molecule has 0 aromatic rings. The smallest absolute Gasteiger partial charge is 0.303 e. The van der Waals surface area contributed by atoms with Crippen molar-refractivity contribution < 1.29 is 9.90 Å². The van der Waals surface area contributed by atoms with Gasteiger partial charge >= 0.3 is 5.97 Å². The Hall–Kier alpha value is -0.0900. The molecule has 0 aliphatic heterocycles. The first-order chi connectivity index (χ1) is 15.6. The molecule has 0 fully saturated rings. The molecule has 0 spiro atoms. The van der Waals surface area contributed by atoms with Gasteiger partial charge in [-0.25, -0.2) is 0 Å². The Bertz CT molecular complexity index is 374. The first-order valence-electron chi connectivity index (χ1n) is 14.1. The van der Waals surface area contributed by atoms with Crippen molar-refractivity contribution >= 4 is 35.0 Å². The van der Waals surface area contributed by atoms with E-state index in [0.29, 0.717) is 6.42 Å². The second-order valence-corrected chi connectivity index (χ2v) is 11.1. The number of hydrogen-bond acceptors (Lipinski definition) is 2. The van der Waals surface area contributed by atoms with Crippen LogP contribution in [0.3, 0.4) is 0 Å². The molecule has 0 aliphatic rings. The van der Waals surface area contributed by atoms with Crippen molar-refractivity contribution in [2.24, 2.45) is 0 Å². The molecule has 32 heavy (non-hydrogen) atoms. The number of carboxylic acids is 1. The van der Waals surface area contributed by atoms with Gasteiger partial charge in [-0.15, -0.1) is 12.6 Å². The molecule has 0 unspecified atom stereocenters. The van der Waals surface area contributed by atoms with Crippen molar-refractivity contribution in [3.05, 3.63) is 0 Å². The fourth-order valence-electron chi connectivity index (χ4n) is 4.44. The van der Waals surface area contributed by atoms with Crippen LogP contribution in [0.25, 0.3) is 0 Å². The van der Waals surface area contributed by atoms with Gasteiger partial charge in [0, 0.05) is 10.6 Å². The number of aliphatic carboxylic acids is 1. The largest absolute Gasteiger partial charge is 0.481 e. The third-order valence-corrected chi connectivity index (χ3v) is 6.96. The van der Waals surface area contributed by atoms with E-state index in [-0.39, 0.29) is 0 Å². The Morgan fingerprint density at radius 3 is 0.812 bits per heavy atom. The quantitative estimate of drug-likeness (QED) is 0.0688. The predicted molar refractivity (Wildman–Crippen MR) is 149 cm³/mol. The molecule has 1 N–H and O–H groups in total. The van der Waals surface area contributed by atoms with E-state index < -0.39 is 5.97 Å². The van der Waals surface area contributed by atoms with E-state index in [0.717, 1.165) is 23.5 Å². The summed E-state index contributed by atoms with van der Waals surface area (Å²) in [5.74, 6) is -0.653.